The monoisotopic (exact) mass is 391 g/mol. The zero-order valence-corrected chi connectivity index (χ0v) is 16.3. The predicted molar refractivity (Wildman–Crippen MR) is 113 cm³/mol. The second-order valence-corrected chi connectivity index (χ2v) is 6.77. The number of rotatable bonds is 7. The number of para-hydroxylation sites is 1. The number of anilines is 1. The van der Waals surface area contributed by atoms with Gasteiger partial charge in [0.15, 0.2) is 0 Å². The molecule has 150 valence electrons. The number of terminal acetylenes is 1. The minimum absolute atomic E-state index is 0.0264. The highest BCUT2D eigenvalue weighted by Crippen LogP contribution is 2.26. The van der Waals surface area contributed by atoms with E-state index in [1.54, 1.807) is 4.90 Å². The largest absolute Gasteiger partial charge is 0.481 e. The number of aryl methyl sites for hydroxylation is 1. The van der Waals surface area contributed by atoms with Gasteiger partial charge in [-0.1, -0.05) is 36.3 Å². The Bertz CT molecular complexity index is 887. The van der Waals surface area contributed by atoms with Gasteiger partial charge in [-0.3, -0.25) is 4.79 Å². The Labute approximate surface area is 171 Å². The summed E-state index contributed by atoms with van der Waals surface area (Å²) < 4.78 is 5.33. The first-order valence-electron chi connectivity index (χ1n) is 9.72. The van der Waals surface area contributed by atoms with Gasteiger partial charge in [-0.05, 0) is 48.6 Å². The van der Waals surface area contributed by atoms with Crippen LogP contribution in [0.5, 0.6) is 5.75 Å². The molecule has 0 unspecified atom stereocenters. The van der Waals surface area contributed by atoms with Crippen molar-refractivity contribution in [1.29, 1.82) is 0 Å². The number of fused-ring (bicyclic) bond motifs is 1. The predicted octanol–water partition coefficient (Wildman–Crippen LogP) is 2.52. The molecule has 2 aromatic carbocycles. The fraction of sp³-hybridized carbons (Fsp3) is 0.304. The smallest absolute Gasteiger partial charge is 0.315 e. The van der Waals surface area contributed by atoms with E-state index in [0.717, 1.165) is 29.8 Å². The van der Waals surface area contributed by atoms with E-state index in [2.05, 4.69) is 16.6 Å². The van der Waals surface area contributed by atoms with Crippen molar-refractivity contribution in [2.45, 2.75) is 19.3 Å². The average molecular weight is 391 g/mol. The van der Waals surface area contributed by atoms with Crippen LogP contribution < -0.4 is 20.3 Å². The van der Waals surface area contributed by atoms with Crippen molar-refractivity contribution in [3.05, 3.63) is 59.7 Å². The molecular formula is C23H25N3O3. The zero-order chi connectivity index (χ0) is 20.5. The molecule has 0 aliphatic carbocycles. The van der Waals surface area contributed by atoms with Crippen molar-refractivity contribution in [3.8, 4) is 18.1 Å². The van der Waals surface area contributed by atoms with Gasteiger partial charge in [0, 0.05) is 18.8 Å². The van der Waals surface area contributed by atoms with E-state index in [1.807, 2.05) is 48.5 Å². The summed E-state index contributed by atoms with van der Waals surface area (Å²) in [6, 6.07) is 15.1. The highest BCUT2D eigenvalue weighted by Gasteiger charge is 2.22. The quantitative estimate of drug-likeness (QED) is 0.713. The molecule has 0 fully saturated rings. The lowest BCUT2D eigenvalue weighted by Crippen LogP contribution is -2.45. The maximum absolute atomic E-state index is 12.5. The molecule has 0 radical (unpaired) electrons. The van der Waals surface area contributed by atoms with E-state index < -0.39 is 0 Å². The van der Waals surface area contributed by atoms with Crippen molar-refractivity contribution >= 4 is 17.6 Å². The van der Waals surface area contributed by atoms with Gasteiger partial charge in [0.1, 0.15) is 12.4 Å². The Morgan fingerprint density at radius 2 is 1.90 bits per heavy atom. The summed E-state index contributed by atoms with van der Waals surface area (Å²) in [6.07, 6.45) is 7.75. The summed E-state index contributed by atoms with van der Waals surface area (Å²) in [5, 5.41) is 5.43. The summed E-state index contributed by atoms with van der Waals surface area (Å²) in [5.41, 5.74) is 3.19. The molecule has 0 bridgehead atoms. The van der Waals surface area contributed by atoms with Crippen LogP contribution in [0.2, 0.25) is 0 Å². The number of amides is 3. The van der Waals surface area contributed by atoms with Crippen LogP contribution in [0, 0.1) is 12.3 Å². The third kappa shape index (κ3) is 5.76. The SMILES string of the molecule is C#CCOc1ccc(CCNC(=O)NCC(=O)N2CCCc3ccccc32)cc1. The van der Waals surface area contributed by atoms with Crippen molar-refractivity contribution in [3.63, 3.8) is 0 Å². The van der Waals surface area contributed by atoms with Gasteiger partial charge in [0.25, 0.3) is 0 Å². The van der Waals surface area contributed by atoms with Crippen LogP contribution in [0.1, 0.15) is 17.5 Å². The van der Waals surface area contributed by atoms with E-state index in [0.29, 0.717) is 19.5 Å². The third-order valence-electron chi connectivity index (χ3n) is 4.76. The third-order valence-corrected chi connectivity index (χ3v) is 4.76. The molecule has 0 spiro atoms. The molecule has 0 saturated heterocycles. The molecule has 0 saturated carbocycles. The normalized spacial score (nSPS) is 12.4. The Kier molecular flexibility index (Phi) is 7.12. The first-order valence-corrected chi connectivity index (χ1v) is 9.72. The fourth-order valence-corrected chi connectivity index (χ4v) is 3.30. The number of urea groups is 1. The molecule has 2 aromatic rings. The number of carbonyl (C=O) groups excluding carboxylic acids is 2. The van der Waals surface area contributed by atoms with Crippen molar-refractivity contribution < 1.29 is 14.3 Å². The van der Waals surface area contributed by atoms with E-state index in [1.165, 1.54) is 5.56 Å². The van der Waals surface area contributed by atoms with Crippen LogP contribution in [-0.4, -0.2) is 38.2 Å². The number of carbonyl (C=O) groups is 2. The minimum Gasteiger partial charge on any atom is -0.481 e. The molecule has 1 aliphatic rings. The summed E-state index contributed by atoms with van der Waals surface area (Å²) in [4.78, 5) is 26.3. The second-order valence-electron chi connectivity index (χ2n) is 6.77. The standard InChI is InChI=1S/C23H25N3O3/c1-2-16-29-20-11-9-18(10-12-20)13-14-24-23(28)25-17-22(27)26-15-5-7-19-6-3-4-8-21(19)26/h1,3-4,6,8-12H,5,7,13-17H2,(H2,24,25,28). The molecule has 2 N–H and O–H groups in total. The van der Waals surface area contributed by atoms with Crippen molar-refractivity contribution in [1.82, 2.24) is 10.6 Å². The van der Waals surface area contributed by atoms with E-state index >= 15 is 0 Å². The number of hydrogen-bond acceptors (Lipinski definition) is 3. The Morgan fingerprint density at radius 3 is 2.69 bits per heavy atom. The number of nitrogens with zero attached hydrogens (tertiary/aromatic N) is 1. The first-order chi connectivity index (χ1) is 14.2. The van der Waals surface area contributed by atoms with Gasteiger partial charge in [0.05, 0.1) is 6.54 Å². The molecular weight excluding hydrogens is 366 g/mol. The lowest BCUT2D eigenvalue weighted by molar-refractivity contribution is -0.117. The first kappa shape index (κ1) is 20.3. The Balaban J connectivity index is 1.39. The van der Waals surface area contributed by atoms with Crippen molar-refractivity contribution in [2.75, 3.05) is 31.1 Å². The molecule has 3 amide bonds. The lowest BCUT2D eigenvalue weighted by Gasteiger charge is -2.29. The van der Waals surface area contributed by atoms with Gasteiger partial charge in [-0.15, -0.1) is 6.42 Å². The van der Waals surface area contributed by atoms with E-state index in [4.69, 9.17) is 11.2 Å². The second kappa shape index (κ2) is 10.2. The van der Waals surface area contributed by atoms with Gasteiger partial charge < -0.3 is 20.3 Å². The van der Waals surface area contributed by atoms with E-state index in [-0.39, 0.29) is 25.1 Å². The minimum atomic E-state index is -0.349. The van der Waals surface area contributed by atoms with Crippen LogP contribution in [0.4, 0.5) is 10.5 Å². The lowest BCUT2D eigenvalue weighted by atomic mass is 10.0. The van der Waals surface area contributed by atoms with Crippen LogP contribution in [-0.2, 0) is 17.6 Å². The van der Waals surface area contributed by atoms with Gasteiger partial charge in [-0.25, -0.2) is 4.79 Å². The summed E-state index contributed by atoms with van der Waals surface area (Å²) in [5.74, 6) is 3.04. The summed E-state index contributed by atoms with van der Waals surface area (Å²) in [7, 11) is 0. The maximum Gasteiger partial charge on any atom is 0.315 e. The fourth-order valence-electron chi connectivity index (χ4n) is 3.30. The number of ether oxygens (including phenoxy) is 1. The molecule has 0 aromatic heterocycles. The number of hydrogen-bond donors (Lipinski definition) is 2. The molecule has 6 heteroatoms. The molecule has 1 heterocycles. The van der Waals surface area contributed by atoms with Crippen LogP contribution in [0.25, 0.3) is 0 Å². The highest BCUT2D eigenvalue weighted by atomic mass is 16.5. The number of nitrogens with one attached hydrogen (secondary N) is 2. The maximum atomic E-state index is 12.5. The van der Waals surface area contributed by atoms with Gasteiger partial charge in [-0.2, -0.15) is 0 Å². The highest BCUT2D eigenvalue weighted by molar-refractivity contribution is 5.97. The van der Waals surface area contributed by atoms with Crippen molar-refractivity contribution in [2.24, 2.45) is 0 Å². The van der Waals surface area contributed by atoms with Gasteiger partial charge >= 0.3 is 6.03 Å². The molecule has 6 nitrogen and oxygen atoms in total. The topological polar surface area (TPSA) is 70.7 Å². The summed E-state index contributed by atoms with van der Waals surface area (Å²) >= 11 is 0. The molecule has 3 rings (SSSR count). The van der Waals surface area contributed by atoms with Gasteiger partial charge in [0.2, 0.25) is 5.91 Å². The molecule has 29 heavy (non-hydrogen) atoms. The Morgan fingerprint density at radius 1 is 1.10 bits per heavy atom. The molecule has 1 aliphatic heterocycles. The zero-order valence-electron chi connectivity index (χ0n) is 16.3. The van der Waals surface area contributed by atoms with Crippen LogP contribution in [0.15, 0.2) is 48.5 Å². The Hall–Kier alpha value is -3.46. The van der Waals surface area contributed by atoms with E-state index in [9.17, 15) is 9.59 Å². The average Bonchev–Trinajstić information content (AvgIpc) is 2.76. The van der Waals surface area contributed by atoms with Crippen LogP contribution >= 0.6 is 0 Å². The number of benzene rings is 2. The molecule has 0 atom stereocenters. The van der Waals surface area contributed by atoms with Crippen LogP contribution in [0.3, 0.4) is 0 Å². The summed E-state index contributed by atoms with van der Waals surface area (Å²) in [6.45, 7) is 1.36.